The number of hydrogen-bond donors (Lipinski definition) is 1. The third-order valence-corrected chi connectivity index (χ3v) is 4.88. The van der Waals surface area contributed by atoms with E-state index in [1.807, 2.05) is 6.92 Å². The fraction of sp³-hybridized carbons (Fsp3) is 0.647. The lowest BCUT2D eigenvalue weighted by molar-refractivity contribution is 0.128. The molecule has 20 heavy (non-hydrogen) atoms. The van der Waals surface area contributed by atoms with Gasteiger partial charge in [0.05, 0.1) is 6.10 Å². The summed E-state index contributed by atoms with van der Waals surface area (Å²) < 4.78 is 0. The lowest BCUT2D eigenvalue weighted by atomic mass is 10.0. The number of benzene rings is 1. The summed E-state index contributed by atoms with van der Waals surface area (Å²) in [5, 5.41) is 9.68. The van der Waals surface area contributed by atoms with E-state index >= 15 is 0 Å². The highest BCUT2D eigenvalue weighted by molar-refractivity contribution is 5.55. The molecule has 1 aromatic rings. The summed E-state index contributed by atoms with van der Waals surface area (Å²) in [6.45, 7) is 7.55. The zero-order valence-corrected chi connectivity index (χ0v) is 12.5. The smallest absolute Gasteiger partial charge is 0.0552 e. The van der Waals surface area contributed by atoms with Crippen molar-refractivity contribution in [1.82, 2.24) is 4.90 Å². The van der Waals surface area contributed by atoms with E-state index in [4.69, 9.17) is 0 Å². The van der Waals surface area contributed by atoms with Crippen molar-refractivity contribution in [3.63, 3.8) is 0 Å². The highest BCUT2D eigenvalue weighted by Crippen LogP contribution is 2.27. The predicted octanol–water partition coefficient (Wildman–Crippen LogP) is 2.14. The van der Waals surface area contributed by atoms with Gasteiger partial charge in [-0.1, -0.05) is 18.2 Å². The van der Waals surface area contributed by atoms with Gasteiger partial charge in [-0.2, -0.15) is 0 Å². The summed E-state index contributed by atoms with van der Waals surface area (Å²) in [6.07, 6.45) is 3.48. The summed E-state index contributed by atoms with van der Waals surface area (Å²) in [4.78, 5) is 5.04. The Labute approximate surface area is 122 Å². The van der Waals surface area contributed by atoms with Gasteiger partial charge in [-0.05, 0) is 50.3 Å². The van der Waals surface area contributed by atoms with Crippen LogP contribution in [0.5, 0.6) is 0 Å². The molecule has 2 aliphatic heterocycles. The van der Waals surface area contributed by atoms with Crippen LogP contribution in [0, 0.1) is 5.92 Å². The van der Waals surface area contributed by atoms with E-state index in [1.165, 1.54) is 30.6 Å². The second-order valence-corrected chi connectivity index (χ2v) is 6.31. The van der Waals surface area contributed by atoms with Crippen molar-refractivity contribution < 1.29 is 5.11 Å². The van der Waals surface area contributed by atoms with Crippen LogP contribution in [0.2, 0.25) is 0 Å². The Balaban J connectivity index is 1.55. The molecule has 2 aliphatic rings. The lowest BCUT2D eigenvalue weighted by Gasteiger charge is -2.32. The third-order valence-electron chi connectivity index (χ3n) is 4.88. The summed E-state index contributed by atoms with van der Waals surface area (Å²) in [6, 6.07) is 8.82. The van der Waals surface area contributed by atoms with Gasteiger partial charge in [-0.25, -0.2) is 0 Å². The second kappa shape index (κ2) is 6.15. The van der Waals surface area contributed by atoms with Crippen LogP contribution >= 0.6 is 0 Å². The number of aliphatic hydroxyl groups is 1. The predicted molar refractivity (Wildman–Crippen MR) is 83.2 cm³/mol. The number of likely N-dealkylation sites (tertiary alicyclic amines) is 1. The maximum atomic E-state index is 9.68. The van der Waals surface area contributed by atoms with Crippen molar-refractivity contribution in [2.75, 3.05) is 37.6 Å². The van der Waals surface area contributed by atoms with Crippen LogP contribution in [0.3, 0.4) is 0 Å². The Morgan fingerprint density at radius 2 is 2.10 bits per heavy atom. The summed E-state index contributed by atoms with van der Waals surface area (Å²) >= 11 is 0. The number of nitrogens with zero attached hydrogens (tertiary/aromatic N) is 2. The molecule has 1 saturated heterocycles. The van der Waals surface area contributed by atoms with Crippen LogP contribution < -0.4 is 4.90 Å². The van der Waals surface area contributed by atoms with Crippen molar-refractivity contribution in [3.8, 4) is 0 Å². The zero-order valence-electron chi connectivity index (χ0n) is 12.5. The van der Waals surface area contributed by atoms with E-state index in [2.05, 4.69) is 34.1 Å². The average molecular weight is 274 g/mol. The minimum absolute atomic E-state index is 0.157. The Hall–Kier alpha value is -1.06. The lowest BCUT2D eigenvalue weighted by Crippen LogP contribution is -2.37. The highest BCUT2D eigenvalue weighted by Gasteiger charge is 2.26. The van der Waals surface area contributed by atoms with Gasteiger partial charge in [0.25, 0.3) is 0 Å². The number of aliphatic hydroxyl groups excluding tert-OH is 1. The molecule has 0 spiro atoms. The second-order valence-electron chi connectivity index (χ2n) is 6.31. The first-order chi connectivity index (χ1) is 9.74. The van der Waals surface area contributed by atoms with Gasteiger partial charge in [0, 0.05) is 31.9 Å². The molecule has 0 amide bonds. The maximum Gasteiger partial charge on any atom is 0.0552 e. The third kappa shape index (κ3) is 2.99. The van der Waals surface area contributed by atoms with E-state index in [-0.39, 0.29) is 6.10 Å². The van der Waals surface area contributed by atoms with E-state index in [9.17, 15) is 5.11 Å². The fourth-order valence-corrected chi connectivity index (χ4v) is 3.57. The molecule has 1 fully saturated rings. The number of anilines is 1. The van der Waals surface area contributed by atoms with Crippen molar-refractivity contribution in [3.05, 3.63) is 29.8 Å². The average Bonchev–Trinajstić information content (AvgIpc) is 2.94. The highest BCUT2D eigenvalue weighted by atomic mass is 16.3. The molecule has 3 rings (SSSR count). The Morgan fingerprint density at radius 3 is 2.90 bits per heavy atom. The molecule has 3 heteroatoms. The van der Waals surface area contributed by atoms with Crippen molar-refractivity contribution >= 4 is 5.69 Å². The number of hydrogen-bond acceptors (Lipinski definition) is 3. The maximum absolute atomic E-state index is 9.68. The zero-order chi connectivity index (χ0) is 13.9. The molecule has 0 bridgehead atoms. The standard InChI is InChI=1S/C17H26N2O/c1-14(20)16-8-10-18(13-16)11-12-19-9-4-6-15-5-2-3-7-17(15)19/h2-3,5,7,14,16,20H,4,6,8-13H2,1H3. The summed E-state index contributed by atoms with van der Waals surface area (Å²) in [5.41, 5.74) is 2.94. The Morgan fingerprint density at radius 1 is 1.25 bits per heavy atom. The largest absolute Gasteiger partial charge is 0.393 e. The summed E-state index contributed by atoms with van der Waals surface area (Å²) in [5.74, 6) is 0.476. The van der Waals surface area contributed by atoms with Crippen LogP contribution in [0.1, 0.15) is 25.3 Å². The first kappa shape index (κ1) is 13.9. The molecular weight excluding hydrogens is 248 g/mol. The molecule has 0 aromatic heterocycles. The number of rotatable bonds is 4. The summed E-state index contributed by atoms with van der Waals surface area (Å²) in [7, 11) is 0. The van der Waals surface area contributed by atoms with Gasteiger partial charge in [0.15, 0.2) is 0 Å². The molecular formula is C17H26N2O. The number of aryl methyl sites for hydroxylation is 1. The van der Waals surface area contributed by atoms with Crippen LogP contribution in [-0.4, -0.2) is 48.8 Å². The van der Waals surface area contributed by atoms with E-state index < -0.39 is 0 Å². The Bertz CT molecular complexity index is 446. The van der Waals surface area contributed by atoms with Crippen molar-refractivity contribution in [2.24, 2.45) is 5.92 Å². The van der Waals surface area contributed by atoms with Gasteiger partial charge >= 0.3 is 0 Å². The SMILES string of the molecule is CC(O)C1CCN(CCN2CCCc3ccccc32)C1. The molecule has 1 aromatic carbocycles. The van der Waals surface area contributed by atoms with Crippen molar-refractivity contribution in [2.45, 2.75) is 32.3 Å². The van der Waals surface area contributed by atoms with Crippen LogP contribution in [0.4, 0.5) is 5.69 Å². The Kier molecular flexibility index (Phi) is 4.27. The van der Waals surface area contributed by atoms with E-state index in [1.54, 1.807) is 0 Å². The quantitative estimate of drug-likeness (QED) is 0.911. The normalized spacial score (nSPS) is 24.7. The van der Waals surface area contributed by atoms with E-state index in [0.29, 0.717) is 5.92 Å². The first-order valence-electron chi connectivity index (χ1n) is 7.97. The minimum Gasteiger partial charge on any atom is -0.393 e. The molecule has 3 nitrogen and oxygen atoms in total. The molecule has 0 aliphatic carbocycles. The van der Waals surface area contributed by atoms with Crippen LogP contribution in [-0.2, 0) is 6.42 Å². The molecule has 2 unspecified atom stereocenters. The van der Waals surface area contributed by atoms with Gasteiger partial charge in [-0.15, -0.1) is 0 Å². The first-order valence-corrected chi connectivity index (χ1v) is 7.97. The fourth-order valence-electron chi connectivity index (χ4n) is 3.57. The van der Waals surface area contributed by atoms with Gasteiger partial charge < -0.3 is 14.9 Å². The van der Waals surface area contributed by atoms with Gasteiger partial charge in [-0.3, -0.25) is 0 Å². The molecule has 2 heterocycles. The minimum atomic E-state index is -0.157. The molecule has 0 saturated carbocycles. The number of para-hydroxylation sites is 1. The van der Waals surface area contributed by atoms with Crippen LogP contribution in [0.15, 0.2) is 24.3 Å². The molecule has 0 radical (unpaired) electrons. The monoisotopic (exact) mass is 274 g/mol. The molecule has 110 valence electrons. The molecule has 2 atom stereocenters. The molecule has 1 N–H and O–H groups in total. The van der Waals surface area contributed by atoms with Crippen molar-refractivity contribution in [1.29, 1.82) is 0 Å². The number of fused-ring (bicyclic) bond motifs is 1. The van der Waals surface area contributed by atoms with Gasteiger partial charge in [0.1, 0.15) is 0 Å². The van der Waals surface area contributed by atoms with Gasteiger partial charge in [0.2, 0.25) is 0 Å². The topological polar surface area (TPSA) is 26.7 Å². The van der Waals surface area contributed by atoms with Crippen LogP contribution in [0.25, 0.3) is 0 Å². The van der Waals surface area contributed by atoms with E-state index in [0.717, 1.165) is 32.6 Å².